The summed E-state index contributed by atoms with van der Waals surface area (Å²) in [5, 5.41) is 8.04. The van der Waals surface area contributed by atoms with Gasteiger partial charge in [0.15, 0.2) is 11.5 Å². The van der Waals surface area contributed by atoms with E-state index in [0.717, 1.165) is 35.6 Å². The van der Waals surface area contributed by atoms with Crippen LogP contribution in [-0.4, -0.2) is 34.8 Å². The van der Waals surface area contributed by atoms with Gasteiger partial charge in [0, 0.05) is 24.2 Å². The van der Waals surface area contributed by atoms with Crippen molar-refractivity contribution in [3.63, 3.8) is 0 Å². The van der Waals surface area contributed by atoms with Gasteiger partial charge in [0.05, 0.1) is 13.2 Å². The lowest BCUT2D eigenvalue weighted by Gasteiger charge is -2.21. The van der Waals surface area contributed by atoms with Crippen LogP contribution >= 0.6 is 0 Å². The van der Waals surface area contributed by atoms with Gasteiger partial charge < -0.3 is 18.7 Å². The minimum atomic E-state index is -0.156. The van der Waals surface area contributed by atoms with E-state index in [1.165, 1.54) is 0 Å². The molecule has 134 valence electrons. The molecule has 1 fully saturated rings. The fraction of sp³-hybridized carbons (Fsp3) is 0.316. The van der Waals surface area contributed by atoms with E-state index in [1.54, 1.807) is 18.1 Å². The molecule has 2 aromatic heterocycles. The second-order valence-corrected chi connectivity index (χ2v) is 6.32. The molecule has 0 aliphatic carbocycles. The minimum Gasteiger partial charge on any atom is -0.497 e. The second kappa shape index (κ2) is 6.67. The highest BCUT2D eigenvalue weighted by Gasteiger charge is 2.34. The van der Waals surface area contributed by atoms with Gasteiger partial charge in [0.2, 0.25) is 0 Å². The van der Waals surface area contributed by atoms with Crippen molar-refractivity contribution in [2.24, 2.45) is 0 Å². The lowest BCUT2D eigenvalue weighted by atomic mass is 10.1. The fourth-order valence-corrected chi connectivity index (χ4v) is 3.27. The van der Waals surface area contributed by atoms with Gasteiger partial charge in [-0.15, -0.1) is 0 Å². The lowest BCUT2D eigenvalue weighted by molar-refractivity contribution is 0.0720. The molecule has 1 aliphatic heterocycles. The van der Waals surface area contributed by atoms with Gasteiger partial charge in [-0.1, -0.05) is 10.3 Å². The molecule has 7 nitrogen and oxygen atoms in total. The van der Waals surface area contributed by atoms with Crippen LogP contribution < -0.4 is 4.74 Å². The molecule has 0 radical (unpaired) electrons. The number of hydrogen-bond donors (Lipinski definition) is 0. The summed E-state index contributed by atoms with van der Waals surface area (Å²) < 4.78 is 15.7. The molecule has 1 saturated heterocycles. The predicted molar refractivity (Wildman–Crippen MR) is 92.7 cm³/mol. The molecule has 4 rings (SSSR count). The van der Waals surface area contributed by atoms with E-state index in [2.05, 4.69) is 10.3 Å². The van der Waals surface area contributed by atoms with E-state index in [9.17, 15) is 4.79 Å². The van der Waals surface area contributed by atoms with E-state index in [1.807, 2.05) is 37.3 Å². The molecule has 3 aromatic rings. The number of carbonyl (C=O) groups is 1. The molecule has 1 aromatic carbocycles. The maximum absolute atomic E-state index is 12.9. The van der Waals surface area contributed by atoms with Gasteiger partial charge in [-0.25, -0.2) is 0 Å². The monoisotopic (exact) mass is 353 g/mol. The molecule has 0 bridgehead atoms. The highest BCUT2D eigenvalue weighted by atomic mass is 16.5. The maximum atomic E-state index is 12.9. The number of ether oxygens (including phenoxy) is 1. The number of likely N-dealkylation sites (tertiary alicyclic amines) is 1. The van der Waals surface area contributed by atoms with Crippen molar-refractivity contribution < 1.29 is 18.6 Å². The standard InChI is InChI=1S/C19H19N3O4/c1-12-10-15(20-25-12)17-4-3-9-22(17)19(23)16-11-18(26-21-16)13-5-7-14(24-2)8-6-13/h5-8,10-11,17H,3-4,9H2,1-2H3/t17-/m0/s1. The molecule has 3 heterocycles. The van der Waals surface area contributed by atoms with E-state index in [4.69, 9.17) is 13.8 Å². The van der Waals surface area contributed by atoms with Gasteiger partial charge >= 0.3 is 0 Å². The van der Waals surface area contributed by atoms with Crippen LogP contribution in [0.4, 0.5) is 0 Å². The van der Waals surface area contributed by atoms with E-state index in [0.29, 0.717) is 18.0 Å². The molecule has 0 spiro atoms. The Morgan fingerprint density at radius 1 is 1.19 bits per heavy atom. The number of rotatable bonds is 4. The van der Waals surface area contributed by atoms with Gasteiger partial charge in [-0.05, 0) is 44.0 Å². The van der Waals surface area contributed by atoms with E-state index >= 15 is 0 Å². The summed E-state index contributed by atoms with van der Waals surface area (Å²) in [5.74, 6) is 1.88. The van der Waals surface area contributed by atoms with Crippen molar-refractivity contribution in [2.45, 2.75) is 25.8 Å². The van der Waals surface area contributed by atoms with E-state index < -0.39 is 0 Å². The highest BCUT2D eigenvalue weighted by Crippen LogP contribution is 2.33. The highest BCUT2D eigenvalue weighted by molar-refractivity contribution is 5.93. The van der Waals surface area contributed by atoms with Crippen molar-refractivity contribution in [3.8, 4) is 17.1 Å². The Hall–Kier alpha value is -3.09. The Morgan fingerprint density at radius 2 is 2.00 bits per heavy atom. The van der Waals surface area contributed by atoms with Crippen LogP contribution in [0.25, 0.3) is 11.3 Å². The van der Waals surface area contributed by atoms with Crippen LogP contribution in [0.15, 0.2) is 45.4 Å². The molecule has 0 saturated carbocycles. The number of nitrogens with zero attached hydrogens (tertiary/aromatic N) is 3. The Balaban J connectivity index is 1.55. The number of aromatic nitrogens is 2. The maximum Gasteiger partial charge on any atom is 0.276 e. The average Bonchev–Trinajstić information content (AvgIpc) is 3.41. The summed E-state index contributed by atoms with van der Waals surface area (Å²) in [5.41, 5.74) is 1.91. The smallest absolute Gasteiger partial charge is 0.276 e. The SMILES string of the molecule is COc1ccc(-c2cc(C(=O)N3CCC[C@H]3c3cc(C)on3)no2)cc1. The number of benzene rings is 1. The van der Waals surface area contributed by atoms with Gasteiger partial charge in [-0.2, -0.15) is 0 Å². The topological polar surface area (TPSA) is 81.6 Å². The first kappa shape index (κ1) is 16.4. The molecule has 0 N–H and O–H groups in total. The number of hydrogen-bond acceptors (Lipinski definition) is 6. The van der Waals surface area contributed by atoms with Crippen LogP contribution in [0.3, 0.4) is 0 Å². The fourth-order valence-electron chi connectivity index (χ4n) is 3.27. The number of aryl methyl sites for hydroxylation is 1. The Bertz CT molecular complexity index is 913. The molecule has 0 unspecified atom stereocenters. The third-order valence-electron chi connectivity index (χ3n) is 4.61. The van der Waals surface area contributed by atoms with Crippen molar-refractivity contribution in [2.75, 3.05) is 13.7 Å². The third kappa shape index (κ3) is 2.96. The zero-order valence-corrected chi connectivity index (χ0v) is 14.6. The first-order chi connectivity index (χ1) is 12.7. The van der Waals surface area contributed by atoms with E-state index in [-0.39, 0.29) is 11.9 Å². The first-order valence-electron chi connectivity index (χ1n) is 8.51. The summed E-state index contributed by atoms with van der Waals surface area (Å²) in [6.45, 7) is 2.51. The average molecular weight is 353 g/mol. The minimum absolute atomic E-state index is 0.0823. The second-order valence-electron chi connectivity index (χ2n) is 6.32. The van der Waals surface area contributed by atoms with Crippen LogP contribution in [0, 0.1) is 6.92 Å². The van der Waals surface area contributed by atoms with Gasteiger partial charge in [-0.3, -0.25) is 4.79 Å². The van der Waals surface area contributed by atoms with Crippen LogP contribution in [0.1, 0.15) is 40.8 Å². The van der Waals surface area contributed by atoms with Gasteiger partial charge in [0.25, 0.3) is 5.91 Å². The summed E-state index contributed by atoms with van der Waals surface area (Å²) in [6, 6.07) is 10.9. The number of carbonyl (C=O) groups excluding carboxylic acids is 1. The van der Waals surface area contributed by atoms with Crippen LogP contribution in [-0.2, 0) is 0 Å². The van der Waals surface area contributed by atoms with Crippen LogP contribution in [0.5, 0.6) is 5.75 Å². The number of amides is 1. The zero-order chi connectivity index (χ0) is 18.1. The quantitative estimate of drug-likeness (QED) is 0.712. The normalized spacial score (nSPS) is 16.8. The van der Waals surface area contributed by atoms with Crippen molar-refractivity contribution in [1.82, 2.24) is 15.2 Å². The van der Waals surface area contributed by atoms with Crippen LogP contribution in [0.2, 0.25) is 0 Å². The largest absolute Gasteiger partial charge is 0.497 e. The molecule has 26 heavy (non-hydrogen) atoms. The Labute approximate surface area is 150 Å². The van der Waals surface area contributed by atoms with Crippen molar-refractivity contribution >= 4 is 5.91 Å². The Morgan fingerprint density at radius 3 is 2.69 bits per heavy atom. The zero-order valence-electron chi connectivity index (χ0n) is 14.6. The van der Waals surface area contributed by atoms with Crippen molar-refractivity contribution in [3.05, 3.63) is 53.5 Å². The Kier molecular flexibility index (Phi) is 4.20. The molecule has 1 aliphatic rings. The number of methoxy groups -OCH3 is 1. The first-order valence-corrected chi connectivity index (χ1v) is 8.51. The molecule has 1 amide bonds. The molecule has 1 atom stereocenters. The summed E-state index contributed by atoms with van der Waals surface area (Å²) in [6.07, 6.45) is 1.78. The van der Waals surface area contributed by atoms with Crippen molar-refractivity contribution in [1.29, 1.82) is 0 Å². The predicted octanol–water partition coefficient (Wildman–Crippen LogP) is 3.62. The molecular formula is C19H19N3O4. The molecular weight excluding hydrogens is 334 g/mol. The lowest BCUT2D eigenvalue weighted by Crippen LogP contribution is -2.30. The summed E-state index contributed by atoms with van der Waals surface area (Å²) >= 11 is 0. The summed E-state index contributed by atoms with van der Waals surface area (Å²) in [7, 11) is 1.61. The molecule has 7 heteroatoms. The van der Waals surface area contributed by atoms with Gasteiger partial charge in [0.1, 0.15) is 17.2 Å². The summed E-state index contributed by atoms with van der Waals surface area (Å²) in [4.78, 5) is 14.7. The third-order valence-corrected chi connectivity index (χ3v) is 4.61.